The molecule has 1 unspecified atom stereocenters. The highest BCUT2D eigenvalue weighted by Gasteiger charge is 2.53. The van der Waals surface area contributed by atoms with E-state index in [1.807, 2.05) is 0 Å². The van der Waals surface area contributed by atoms with Crippen LogP contribution in [0.2, 0.25) is 0 Å². The second-order valence-electron chi connectivity index (χ2n) is 8.58. The van der Waals surface area contributed by atoms with Crippen molar-refractivity contribution in [2.45, 2.75) is 72.2 Å². The van der Waals surface area contributed by atoms with Crippen LogP contribution in [-0.2, 0) is 38.5 Å². The molecule has 8 heteroatoms. The summed E-state index contributed by atoms with van der Waals surface area (Å²) in [6.45, 7) is 14.3. The lowest BCUT2D eigenvalue weighted by Crippen LogP contribution is -2.47. The lowest BCUT2D eigenvalue weighted by Gasteiger charge is -2.36. The molecule has 0 fully saturated rings. The summed E-state index contributed by atoms with van der Waals surface area (Å²) < 4.78 is 30.0. The maximum Gasteiger partial charge on any atom is 0.347 e. The fraction of sp³-hybridized carbons (Fsp3) is 0.667. The zero-order chi connectivity index (χ0) is 22.3. The molecule has 0 saturated carbocycles. The van der Waals surface area contributed by atoms with Crippen molar-refractivity contribution in [2.24, 2.45) is 0 Å². The Morgan fingerprint density at radius 2 is 1.38 bits per heavy atom. The van der Waals surface area contributed by atoms with E-state index < -0.39 is 36.5 Å². The molecule has 0 aromatic heterocycles. The van der Waals surface area contributed by atoms with Crippen LogP contribution in [0.25, 0.3) is 0 Å². The Morgan fingerprint density at radius 3 is 1.79 bits per heavy atom. The first kappa shape index (κ1) is 25.8. The van der Waals surface area contributed by atoms with Crippen molar-refractivity contribution in [3.8, 4) is 0 Å². The van der Waals surface area contributed by atoms with Gasteiger partial charge in [-0.2, -0.15) is 0 Å². The zero-order valence-corrected chi connectivity index (χ0v) is 19.7. The van der Waals surface area contributed by atoms with Crippen molar-refractivity contribution >= 4 is 13.6 Å². The third kappa shape index (κ3) is 8.19. The van der Waals surface area contributed by atoms with Gasteiger partial charge in [0.25, 0.3) is 0 Å². The Hall–Kier alpha value is -1.24. The molecule has 0 spiro atoms. The summed E-state index contributed by atoms with van der Waals surface area (Å²) in [5.74, 6) is -0.736. The molecule has 1 atom stereocenters. The lowest BCUT2D eigenvalue weighted by atomic mass is 9.95. The summed E-state index contributed by atoms with van der Waals surface area (Å²) in [6, 6.07) is 8.69. The molecule has 0 saturated heterocycles. The Labute approximate surface area is 174 Å². The molecule has 0 bridgehead atoms. The first-order valence-electron chi connectivity index (χ1n) is 9.81. The standard InChI is InChI=1S/C21H35O7P/c1-9-24-29(23,25-10-2)16-21(28-27-20(6,7)8,17-14-12-11-13-15-17)18(22)26-19(3,4)5/h11-15H,9-10,16H2,1-8H3. The van der Waals surface area contributed by atoms with Crippen molar-refractivity contribution in [2.75, 3.05) is 19.4 Å². The van der Waals surface area contributed by atoms with Crippen LogP contribution in [0, 0.1) is 0 Å². The number of rotatable bonds is 10. The number of carbonyl (C=O) groups is 1. The van der Waals surface area contributed by atoms with Gasteiger partial charge >= 0.3 is 13.6 Å². The maximum absolute atomic E-state index is 13.4. The molecule has 1 rings (SSSR count). The van der Waals surface area contributed by atoms with Crippen molar-refractivity contribution in [3.05, 3.63) is 35.9 Å². The third-order valence-corrected chi connectivity index (χ3v) is 5.61. The van der Waals surface area contributed by atoms with Gasteiger partial charge in [0.05, 0.1) is 25.0 Å². The molecule has 0 N–H and O–H groups in total. The predicted octanol–water partition coefficient (Wildman–Crippen LogP) is 5.24. The number of benzene rings is 1. The van der Waals surface area contributed by atoms with Crippen LogP contribution >= 0.6 is 7.60 Å². The van der Waals surface area contributed by atoms with E-state index in [-0.39, 0.29) is 13.2 Å². The minimum atomic E-state index is -3.71. The first-order chi connectivity index (χ1) is 13.3. The van der Waals surface area contributed by atoms with Crippen molar-refractivity contribution < 1.29 is 32.9 Å². The number of hydrogen-bond acceptors (Lipinski definition) is 7. The van der Waals surface area contributed by atoms with E-state index in [1.165, 1.54) is 0 Å². The number of esters is 1. The van der Waals surface area contributed by atoms with Gasteiger partial charge in [0.1, 0.15) is 5.60 Å². The molecule has 0 radical (unpaired) electrons. The number of ether oxygens (including phenoxy) is 1. The SMILES string of the molecule is CCOP(=O)(CC(OOC(C)(C)C)(C(=O)OC(C)(C)C)c1ccccc1)OCC. The Balaban J connectivity index is 3.58. The van der Waals surface area contributed by atoms with Gasteiger partial charge in [-0.1, -0.05) is 30.3 Å². The van der Waals surface area contributed by atoms with E-state index in [0.717, 1.165) is 0 Å². The van der Waals surface area contributed by atoms with E-state index in [4.69, 9.17) is 23.6 Å². The average Bonchev–Trinajstić information content (AvgIpc) is 2.57. The summed E-state index contributed by atoms with van der Waals surface area (Å²) in [5.41, 5.74) is -2.95. The van der Waals surface area contributed by atoms with Crippen LogP contribution in [0.5, 0.6) is 0 Å². The lowest BCUT2D eigenvalue weighted by molar-refractivity contribution is -0.398. The van der Waals surface area contributed by atoms with Crippen molar-refractivity contribution in [3.63, 3.8) is 0 Å². The van der Waals surface area contributed by atoms with Crippen LogP contribution in [0.15, 0.2) is 30.3 Å². The Morgan fingerprint density at radius 1 is 0.862 bits per heavy atom. The van der Waals surface area contributed by atoms with Crippen LogP contribution in [0.1, 0.15) is 61.0 Å². The second-order valence-corrected chi connectivity index (χ2v) is 10.6. The summed E-state index contributed by atoms with van der Waals surface area (Å²) in [6.07, 6.45) is -0.392. The van der Waals surface area contributed by atoms with Gasteiger partial charge in [-0.05, 0) is 61.0 Å². The molecule has 1 aromatic carbocycles. The Kier molecular flexibility index (Phi) is 9.06. The maximum atomic E-state index is 13.4. The number of hydrogen-bond donors (Lipinski definition) is 0. The highest BCUT2D eigenvalue weighted by molar-refractivity contribution is 7.54. The van der Waals surface area contributed by atoms with E-state index in [1.54, 1.807) is 85.7 Å². The summed E-state index contributed by atoms with van der Waals surface area (Å²) in [4.78, 5) is 24.7. The van der Waals surface area contributed by atoms with E-state index >= 15 is 0 Å². The quantitative estimate of drug-likeness (QED) is 0.217. The Bertz CT molecular complexity index is 681. The number of carbonyl (C=O) groups excluding carboxylic acids is 1. The van der Waals surface area contributed by atoms with Crippen molar-refractivity contribution in [1.82, 2.24) is 0 Å². The molecule has 1 aromatic rings. The molecule has 166 valence electrons. The average molecular weight is 430 g/mol. The van der Waals surface area contributed by atoms with Crippen LogP contribution in [-0.4, -0.2) is 36.5 Å². The summed E-state index contributed by atoms with van der Waals surface area (Å²) in [7, 11) is -3.71. The molecule has 0 aliphatic rings. The van der Waals surface area contributed by atoms with Gasteiger partial charge in [0, 0.05) is 0 Å². The van der Waals surface area contributed by atoms with Crippen LogP contribution < -0.4 is 0 Å². The molecule has 7 nitrogen and oxygen atoms in total. The van der Waals surface area contributed by atoms with Gasteiger partial charge in [-0.15, -0.1) is 0 Å². The molecule has 0 heterocycles. The first-order valence-corrected chi connectivity index (χ1v) is 11.5. The topological polar surface area (TPSA) is 80.3 Å². The van der Waals surface area contributed by atoms with E-state index in [0.29, 0.717) is 5.56 Å². The third-order valence-electron chi connectivity index (χ3n) is 3.47. The van der Waals surface area contributed by atoms with Crippen LogP contribution in [0.3, 0.4) is 0 Å². The summed E-state index contributed by atoms with van der Waals surface area (Å²) >= 11 is 0. The normalized spacial score (nSPS) is 15.0. The monoisotopic (exact) mass is 430 g/mol. The largest absolute Gasteiger partial charge is 0.457 e. The van der Waals surface area contributed by atoms with Gasteiger partial charge in [-0.3, -0.25) is 4.57 Å². The second kappa shape index (κ2) is 10.2. The molecule has 0 aliphatic carbocycles. The van der Waals surface area contributed by atoms with Gasteiger partial charge < -0.3 is 13.8 Å². The smallest absolute Gasteiger partial charge is 0.347 e. The fourth-order valence-electron chi connectivity index (χ4n) is 2.44. The molecule has 0 amide bonds. The molecular formula is C21H35O7P. The molecule has 0 aliphatic heterocycles. The van der Waals surface area contributed by atoms with Gasteiger partial charge in [-0.25, -0.2) is 14.6 Å². The highest BCUT2D eigenvalue weighted by atomic mass is 31.2. The summed E-state index contributed by atoms with van der Waals surface area (Å²) in [5, 5.41) is 0. The molecular weight excluding hydrogens is 395 g/mol. The van der Waals surface area contributed by atoms with Crippen LogP contribution in [0.4, 0.5) is 0 Å². The van der Waals surface area contributed by atoms with Gasteiger partial charge in [0.2, 0.25) is 5.60 Å². The van der Waals surface area contributed by atoms with E-state index in [2.05, 4.69) is 0 Å². The molecule has 29 heavy (non-hydrogen) atoms. The highest BCUT2D eigenvalue weighted by Crippen LogP contribution is 2.54. The van der Waals surface area contributed by atoms with E-state index in [9.17, 15) is 9.36 Å². The minimum Gasteiger partial charge on any atom is -0.457 e. The van der Waals surface area contributed by atoms with Gasteiger partial charge in [0.15, 0.2) is 0 Å². The predicted molar refractivity (Wildman–Crippen MR) is 112 cm³/mol. The van der Waals surface area contributed by atoms with Crippen molar-refractivity contribution in [1.29, 1.82) is 0 Å². The zero-order valence-electron chi connectivity index (χ0n) is 18.8. The fourth-order valence-corrected chi connectivity index (χ4v) is 4.39. The minimum absolute atomic E-state index is 0.149.